The highest BCUT2D eigenvalue weighted by Gasteiger charge is 1.79. The van der Waals surface area contributed by atoms with Crippen LogP contribution in [0.15, 0.2) is 24.5 Å². The monoisotopic (exact) mass is 111 g/mol. The lowest BCUT2D eigenvalue weighted by molar-refractivity contribution is 0.123. The number of nitrogens with zero attached hydrogens (tertiary/aromatic N) is 1. The van der Waals surface area contributed by atoms with E-state index < -0.39 is 0 Å². The van der Waals surface area contributed by atoms with Gasteiger partial charge in [0.15, 0.2) is 0 Å². The van der Waals surface area contributed by atoms with Gasteiger partial charge in [0.05, 0.1) is 0 Å². The maximum absolute atomic E-state index is 5.06. The van der Waals surface area contributed by atoms with Gasteiger partial charge >= 0.3 is 0 Å². The first kappa shape index (κ1) is 5.22. The molecule has 0 aliphatic rings. The summed E-state index contributed by atoms with van der Waals surface area (Å²) in [4.78, 5) is 5.06. The van der Waals surface area contributed by atoms with E-state index in [0.29, 0.717) is 6.61 Å². The van der Waals surface area contributed by atoms with Gasteiger partial charge in [-0.15, -0.1) is 0 Å². The summed E-state index contributed by atoms with van der Waals surface area (Å²) in [5.41, 5.74) is 0. The summed E-state index contributed by atoms with van der Waals surface area (Å²) in [5, 5.41) is 0. The molecule has 0 saturated carbocycles. The second-order valence-corrected chi connectivity index (χ2v) is 1.46. The molecule has 0 atom stereocenters. The summed E-state index contributed by atoms with van der Waals surface area (Å²) in [7, 11) is 0. The largest absolute Gasteiger partial charge is 0.415 e. The molecule has 1 rings (SSSR count). The Labute approximate surface area is 48.6 Å². The molecule has 1 aromatic heterocycles. The smallest absolute Gasteiger partial charge is 0.112 e. The third kappa shape index (κ3) is 1.03. The predicted molar refractivity (Wildman–Crippen MR) is 31.6 cm³/mol. The molecular weight excluding hydrogens is 102 g/mol. The van der Waals surface area contributed by atoms with Crippen LogP contribution in [0.1, 0.15) is 6.92 Å². The summed E-state index contributed by atoms with van der Waals surface area (Å²) < 4.78 is 1.68. The quantitative estimate of drug-likeness (QED) is 0.554. The van der Waals surface area contributed by atoms with Gasteiger partial charge in [-0.1, -0.05) is 0 Å². The van der Waals surface area contributed by atoms with Crippen LogP contribution in [-0.4, -0.2) is 11.3 Å². The van der Waals surface area contributed by atoms with Gasteiger partial charge in [0.25, 0.3) is 0 Å². The van der Waals surface area contributed by atoms with Crippen molar-refractivity contribution in [3.63, 3.8) is 0 Å². The zero-order valence-corrected chi connectivity index (χ0v) is 4.87. The van der Waals surface area contributed by atoms with Gasteiger partial charge < -0.3 is 4.84 Å². The molecule has 0 amide bonds. The van der Waals surface area contributed by atoms with Crippen molar-refractivity contribution in [1.29, 1.82) is 0 Å². The second-order valence-electron chi connectivity index (χ2n) is 1.46. The van der Waals surface area contributed by atoms with Crippen LogP contribution in [0.5, 0.6) is 0 Å². The molecular formula is C6H9NO. The van der Waals surface area contributed by atoms with Crippen molar-refractivity contribution in [1.82, 2.24) is 4.73 Å². The predicted octanol–water partition coefficient (Wildman–Crippen LogP) is 0.937. The number of aromatic nitrogens is 1. The number of hydrogen-bond donors (Lipinski definition) is 0. The van der Waals surface area contributed by atoms with E-state index in [1.165, 1.54) is 0 Å². The minimum atomic E-state index is 0.717. The van der Waals surface area contributed by atoms with Gasteiger partial charge in [0.1, 0.15) is 6.61 Å². The van der Waals surface area contributed by atoms with Crippen molar-refractivity contribution in [3.8, 4) is 0 Å². The Hall–Kier alpha value is -0.920. The molecule has 1 aromatic rings. The molecule has 0 N–H and O–H groups in total. The fourth-order valence-electron chi connectivity index (χ4n) is 0.554. The van der Waals surface area contributed by atoms with Gasteiger partial charge in [0, 0.05) is 12.4 Å². The van der Waals surface area contributed by atoms with E-state index >= 15 is 0 Å². The first-order valence-corrected chi connectivity index (χ1v) is 2.69. The number of hydrogen-bond acceptors (Lipinski definition) is 1. The Morgan fingerprint density at radius 3 is 2.50 bits per heavy atom. The van der Waals surface area contributed by atoms with E-state index in [1.54, 1.807) is 4.73 Å². The Morgan fingerprint density at radius 2 is 2.00 bits per heavy atom. The lowest BCUT2D eigenvalue weighted by Gasteiger charge is -1.99. The zero-order chi connectivity index (χ0) is 5.82. The minimum Gasteiger partial charge on any atom is -0.415 e. The van der Waals surface area contributed by atoms with Crippen LogP contribution >= 0.6 is 0 Å². The van der Waals surface area contributed by atoms with E-state index in [9.17, 15) is 0 Å². The normalized spacial score (nSPS) is 9.12. The van der Waals surface area contributed by atoms with Gasteiger partial charge in [-0.25, -0.2) is 0 Å². The van der Waals surface area contributed by atoms with Crippen molar-refractivity contribution >= 4 is 0 Å². The first-order chi connectivity index (χ1) is 3.93. The minimum absolute atomic E-state index is 0.717. The molecule has 0 aliphatic carbocycles. The van der Waals surface area contributed by atoms with E-state index in [0.717, 1.165) is 0 Å². The Bertz CT molecular complexity index is 134. The molecule has 0 fully saturated rings. The number of rotatable bonds is 2. The summed E-state index contributed by atoms with van der Waals surface area (Å²) >= 11 is 0. The molecule has 0 aromatic carbocycles. The highest BCUT2D eigenvalue weighted by molar-refractivity contribution is 4.87. The van der Waals surface area contributed by atoms with Crippen molar-refractivity contribution in [2.45, 2.75) is 6.92 Å². The third-order valence-electron chi connectivity index (χ3n) is 0.855. The average molecular weight is 111 g/mol. The fourth-order valence-corrected chi connectivity index (χ4v) is 0.554. The highest BCUT2D eigenvalue weighted by Crippen LogP contribution is 1.83. The third-order valence-corrected chi connectivity index (χ3v) is 0.855. The topological polar surface area (TPSA) is 14.2 Å². The van der Waals surface area contributed by atoms with Crippen LogP contribution in [-0.2, 0) is 0 Å². The zero-order valence-electron chi connectivity index (χ0n) is 4.87. The Kier molecular flexibility index (Phi) is 1.57. The summed E-state index contributed by atoms with van der Waals surface area (Å²) in [6.45, 7) is 2.68. The van der Waals surface area contributed by atoms with Crippen LogP contribution < -0.4 is 4.84 Å². The molecule has 0 saturated heterocycles. The molecule has 0 radical (unpaired) electrons. The molecule has 0 spiro atoms. The van der Waals surface area contributed by atoms with Crippen LogP contribution in [0.2, 0.25) is 0 Å². The SMILES string of the molecule is CCOn1cccc1. The molecule has 2 nitrogen and oxygen atoms in total. The summed E-state index contributed by atoms with van der Waals surface area (Å²) in [5.74, 6) is 0. The lowest BCUT2D eigenvalue weighted by Crippen LogP contribution is -2.06. The van der Waals surface area contributed by atoms with Crippen LogP contribution in [0, 0.1) is 0 Å². The van der Waals surface area contributed by atoms with Crippen LogP contribution in [0.25, 0.3) is 0 Å². The maximum Gasteiger partial charge on any atom is 0.112 e. The molecule has 0 aliphatic heterocycles. The molecule has 8 heavy (non-hydrogen) atoms. The molecule has 0 unspecified atom stereocenters. The first-order valence-electron chi connectivity index (χ1n) is 2.69. The Balaban J connectivity index is 2.50. The van der Waals surface area contributed by atoms with Crippen LogP contribution in [0.4, 0.5) is 0 Å². The highest BCUT2D eigenvalue weighted by atomic mass is 16.7. The van der Waals surface area contributed by atoms with E-state index in [1.807, 2.05) is 31.5 Å². The second kappa shape index (κ2) is 2.40. The molecule has 0 bridgehead atoms. The summed E-state index contributed by atoms with van der Waals surface area (Å²) in [6, 6.07) is 3.85. The molecule has 1 heterocycles. The van der Waals surface area contributed by atoms with Gasteiger partial charge in [-0.3, -0.25) is 0 Å². The Morgan fingerprint density at radius 1 is 1.38 bits per heavy atom. The van der Waals surface area contributed by atoms with E-state index in [4.69, 9.17) is 4.84 Å². The van der Waals surface area contributed by atoms with Gasteiger partial charge in [-0.05, 0) is 19.1 Å². The van der Waals surface area contributed by atoms with Crippen molar-refractivity contribution < 1.29 is 4.84 Å². The van der Waals surface area contributed by atoms with Crippen molar-refractivity contribution in [2.24, 2.45) is 0 Å². The average Bonchev–Trinajstić information content (AvgIpc) is 2.19. The van der Waals surface area contributed by atoms with Crippen molar-refractivity contribution in [3.05, 3.63) is 24.5 Å². The molecule has 2 heteroatoms. The molecule has 44 valence electrons. The lowest BCUT2D eigenvalue weighted by atomic mass is 10.7. The standard InChI is InChI=1S/C6H9NO/c1-2-8-7-5-3-4-6-7/h3-6H,2H2,1H3. The van der Waals surface area contributed by atoms with Crippen molar-refractivity contribution in [2.75, 3.05) is 6.61 Å². The van der Waals surface area contributed by atoms with E-state index in [2.05, 4.69) is 0 Å². The van der Waals surface area contributed by atoms with Gasteiger partial charge in [-0.2, -0.15) is 4.73 Å². The maximum atomic E-state index is 5.06. The summed E-state index contributed by atoms with van der Waals surface area (Å²) in [6.07, 6.45) is 3.73. The van der Waals surface area contributed by atoms with Crippen LogP contribution in [0.3, 0.4) is 0 Å². The van der Waals surface area contributed by atoms with E-state index in [-0.39, 0.29) is 0 Å². The fraction of sp³-hybridized carbons (Fsp3) is 0.333. The van der Waals surface area contributed by atoms with Gasteiger partial charge in [0.2, 0.25) is 0 Å².